The van der Waals surface area contributed by atoms with Crippen LogP contribution in [0.1, 0.15) is 22.3 Å². The molecule has 0 radical (unpaired) electrons. The lowest BCUT2D eigenvalue weighted by Gasteiger charge is -2.14. The molecule has 0 fully saturated rings. The molecule has 2 aromatic heterocycles. The van der Waals surface area contributed by atoms with Gasteiger partial charge in [-0.15, -0.1) is 0 Å². The predicted molar refractivity (Wildman–Crippen MR) is 89.1 cm³/mol. The van der Waals surface area contributed by atoms with E-state index < -0.39 is 0 Å². The molecule has 0 aliphatic heterocycles. The summed E-state index contributed by atoms with van der Waals surface area (Å²) in [5, 5.41) is 0.951. The number of halogens is 1. The third-order valence-electron chi connectivity index (χ3n) is 4.11. The Balaban J connectivity index is 2.45. The van der Waals surface area contributed by atoms with E-state index in [1.54, 1.807) is 16.8 Å². The van der Waals surface area contributed by atoms with Crippen LogP contribution in [0.25, 0.3) is 16.7 Å². The molecule has 0 spiro atoms. The second kappa shape index (κ2) is 5.21. The lowest BCUT2D eigenvalue weighted by molar-refractivity contribution is 0.989. The monoisotopic (exact) mass is 313 g/mol. The van der Waals surface area contributed by atoms with Crippen LogP contribution in [0, 0.1) is 27.7 Å². The van der Waals surface area contributed by atoms with Crippen LogP contribution in [0.5, 0.6) is 0 Å². The first kappa shape index (κ1) is 14.7. The van der Waals surface area contributed by atoms with Crippen LogP contribution in [-0.4, -0.2) is 14.5 Å². The van der Waals surface area contributed by atoms with Crippen LogP contribution < -0.4 is 5.56 Å². The fraction of sp³-hybridized carbons (Fsp3) is 0.235. The molecule has 0 atom stereocenters. The normalized spacial score (nSPS) is 11.1. The van der Waals surface area contributed by atoms with E-state index in [-0.39, 0.29) is 10.8 Å². The van der Waals surface area contributed by atoms with Gasteiger partial charge in [0.2, 0.25) is 5.28 Å². The number of aromatic nitrogens is 3. The van der Waals surface area contributed by atoms with E-state index in [1.807, 2.05) is 32.9 Å². The van der Waals surface area contributed by atoms with Gasteiger partial charge in [0.25, 0.3) is 5.56 Å². The van der Waals surface area contributed by atoms with Gasteiger partial charge >= 0.3 is 0 Å². The maximum atomic E-state index is 12.5. The minimum Gasteiger partial charge on any atom is -0.269 e. The van der Waals surface area contributed by atoms with Crippen molar-refractivity contribution in [2.24, 2.45) is 0 Å². The molecule has 1 aromatic carbocycles. The number of pyridine rings is 1. The zero-order chi connectivity index (χ0) is 16.0. The fourth-order valence-electron chi connectivity index (χ4n) is 2.62. The van der Waals surface area contributed by atoms with Crippen molar-refractivity contribution in [3.05, 3.63) is 62.3 Å². The Labute approximate surface area is 133 Å². The molecule has 0 aliphatic carbocycles. The van der Waals surface area contributed by atoms with Gasteiger partial charge in [0.15, 0.2) is 5.65 Å². The molecule has 5 heteroatoms. The van der Waals surface area contributed by atoms with Crippen molar-refractivity contribution in [1.29, 1.82) is 0 Å². The van der Waals surface area contributed by atoms with Gasteiger partial charge in [-0.1, -0.05) is 0 Å². The molecule has 112 valence electrons. The lowest BCUT2D eigenvalue weighted by atomic mass is 10.0. The van der Waals surface area contributed by atoms with E-state index in [1.165, 1.54) is 5.56 Å². The van der Waals surface area contributed by atoms with Crippen LogP contribution in [0.15, 0.2) is 29.2 Å². The maximum Gasteiger partial charge on any atom is 0.257 e. The highest BCUT2D eigenvalue weighted by molar-refractivity contribution is 6.28. The topological polar surface area (TPSA) is 47.8 Å². The number of benzene rings is 1. The molecule has 4 nitrogen and oxygen atoms in total. The molecule has 0 aliphatic rings. The Kier molecular flexibility index (Phi) is 3.49. The Morgan fingerprint density at radius 2 is 1.64 bits per heavy atom. The summed E-state index contributed by atoms with van der Waals surface area (Å²) in [7, 11) is 0. The Morgan fingerprint density at radius 3 is 2.27 bits per heavy atom. The van der Waals surface area contributed by atoms with Crippen LogP contribution >= 0.6 is 11.6 Å². The minimum absolute atomic E-state index is 0.123. The SMILES string of the molecule is Cc1cc(-n2c(=O)cc(C)c3cnc(Cl)nc32)cc(C)c1C. The average molecular weight is 314 g/mol. The first-order valence-electron chi connectivity index (χ1n) is 7.01. The highest BCUT2D eigenvalue weighted by atomic mass is 35.5. The van der Waals surface area contributed by atoms with Gasteiger partial charge in [0.05, 0.1) is 5.69 Å². The average Bonchev–Trinajstić information content (AvgIpc) is 2.44. The summed E-state index contributed by atoms with van der Waals surface area (Å²) in [6.45, 7) is 8.02. The smallest absolute Gasteiger partial charge is 0.257 e. The number of hydrogen-bond acceptors (Lipinski definition) is 3. The van der Waals surface area contributed by atoms with Crippen LogP contribution in [0.4, 0.5) is 0 Å². The van der Waals surface area contributed by atoms with Gasteiger partial charge in [0.1, 0.15) is 0 Å². The zero-order valence-corrected chi connectivity index (χ0v) is 13.7. The van der Waals surface area contributed by atoms with Crippen LogP contribution in [-0.2, 0) is 0 Å². The number of fused-ring (bicyclic) bond motifs is 1. The summed E-state index contributed by atoms with van der Waals surface area (Å²) in [4.78, 5) is 20.8. The molecule has 0 bridgehead atoms. The summed E-state index contributed by atoms with van der Waals surface area (Å²) in [6.07, 6.45) is 1.66. The minimum atomic E-state index is -0.123. The van der Waals surface area contributed by atoms with E-state index in [2.05, 4.69) is 16.9 Å². The Morgan fingerprint density at radius 1 is 1.00 bits per heavy atom. The highest BCUT2D eigenvalue weighted by Crippen LogP contribution is 2.22. The molecule has 0 unspecified atom stereocenters. The van der Waals surface area contributed by atoms with E-state index in [0.29, 0.717) is 5.65 Å². The summed E-state index contributed by atoms with van der Waals surface area (Å²) in [5.74, 6) is 0. The van der Waals surface area contributed by atoms with Crippen molar-refractivity contribution in [3.8, 4) is 5.69 Å². The van der Waals surface area contributed by atoms with Gasteiger partial charge in [-0.05, 0) is 73.7 Å². The maximum absolute atomic E-state index is 12.5. The summed E-state index contributed by atoms with van der Waals surface area (Å²) < 4.78 is 1.59. The third kappa shape index (κ3) is 2.29. The Bertz CT molecular complexity index is 937. The number of rotatable bonds is 1. The van der Waals surface area contributed by atoms with Crippen LogP contribution in [0.3, 0.4) is 0 Å². The Hall–Kier alpha value is -2.20. The second-order valence-electron chi connectivity index (χ2n) is 5.58. The van der Waals surface area contributed by atoms with E-state index in [0.717, 1.165) is 27.8 Å². The summed E-state index contributed by atoms with van der Waals surface area (Å²) >= 11 is 5.93. The van der Waals surface area contributed by atoms with Crippen molar-refractivity contribution in [1.82, 2.24) is 14.5 Å². The van der Waals surface area contributed by atoms with Gasteiger partial charge in [0, 0.05) is 17.6 Å². The molecular weight excluding hydrogens is 298 g/mol. The number of hydrogen-bond donors (Lipinski definition) is 0. The first-order valence-corrected chi connectivity index (χ1v) is 7.39. The largest absolute Gasteiger partial charge is 0.269 e. The van der Waals surface area contributed by atoms with Crippen molar-refractivity contribution in [2.75, 3.05) is 0 Å². The number of nitrogens with zero attached hydrogens (tertiary/aromatic N) is 3. The van der Waals surface area contributed by atoms with Gasteiger partial charge in [-0.2, -0.15) is 4.98 Å². The molecule has 0 amide bonds. The molecule has 0 saturated carbocycles. The van der Waals surface area contributed by atoms with Crippen molar-refractivity contribution in [2.45, 2.75) is 27.7 Å². The fourth-order valence-corrected chi connectivity index (χ4v) is 2.75. The third-order valence-corrected chi connectivity index (χ3v) is 4.29. The molecule has 0 N–H and O–H groups in total. The quantitative estimate of drug-likeness (QED) is 0.644. The van der Waals surface area contributed by atoms with Crippen molar-refractivity contribution >= 4 is 22.6 Å². The van der Waals surface area contributed by atoms with E-state index >= 15 is 0 Å². The van der Waals surface area contributed by atoms with Gasteiger partial charge < -0.3 is 0 Å². The van der Waals surface area contributed by atoms with Crippen molar-refractivity contribution < 1.29 is 0 Å². The molecule has 0 saturated heterocycles. The molecule has 22 heavy (non-hydrogen) atoms. The van der Waals surface area contributed by atoms with Gasteiger partial charge in [-0.3, -0.25) is 9.36 Å². The van der Waals surface area contributed by atoms with E-state index in [9.17, 15) is 4.79 Å². The first-order chi connectivity index (χ1) is 10.4. The van der Waals surface area contributed by atoms with Gasteiger partial charge in [-0.25, -0.2) is 4.98 Å². The highest BCUT2D eigenvalue weighted by Gasteiger charge is 2.12. The summed E-state index contributed by atoms with van der Waals surface area (Å²) in [5.41, 5.74) is 5.54. The predicted octanol–water partition coefficient (Wildman–Crippen LogP) is 3.67. The summed E-state index contributed by atoms with van der Waals surface area (Å²) in [6, 6.07) is 5.59. The molecule has 3 aromatic rings. The number of aryl methyl sites for hydroxylation is 3. The molecule has 2 heterocycles. The van der Waals surface area contributed by atoms with Crippen molar-refractivity contribution in [3.63, 3.8) is 0 Å². The molecular formula is C17H16ClN3O. The zero-order valence-electron chi connectivity index (χ0n) is 12.9. The second-order valence-corrected chi connectivity index (χ2v) is 5.92. The van der Waals surface area contributed by atoms with Crippen LogP contribution in [0.2, 0.25) is 5.28 Å². The standard InChI is InChI=1S/C17H16ClN3O/c1-9-5-13(6-10(2)12(9)4)21-15(22)7-11(3)14-8-19-17(18)20-16(14)21/h5-8H,1-4H3. The lowest BCUT2D eigenvalue weighted by Crippen LogP contribution is -2.20. The van der Waals surface area contributed by atoms with E-state index in [4.69, 9.17) is 11.6 Å². The molecule has 3 rings (SSSR count).